The molecule has 0 aliphatic rings. The molecule has 82 valence electrons. The van der Waals surface area contributed by atoms with Gasteiger partial charge in [-0.05, 0) is 12.8 Å². The van der Waals surface area contributed by atoms with Crippen molar-refractivity contribution in [3.63, 3.8) is 0 Å². The minimum absolute atomic E-state index is 0.114. The number of nitrogens with two attached hydrogens (primary N) is 2. The first-order valence-corrected chi connectivity index (χ1v) is 4.53. The van der Waals surface area contributed by atoms with Crippen molar-refractivity contribution in [2.45, 2.75) is 25.3 Å². The fourth-order valence-corrected chi connectivity index (χ4v) is 0.893. The zero-order chi connectivity index (χ0) is 11.0. The average Bonchev–Trinajstić information content (AvgIpc) is 2.12. The molecule has 0 bridgehead atoms. The molecule has 0 spiro atoms. The summed E-state index contributed by atoms with van der Waals surface area (Å²) in [5, 5.41) is 11.1. The van der Waals surface area contributed by atoms with Crippen LogP contribution in [0.1, 0.15) is 19.3 Å². The molecule has 6 N–H and O–H groups in total. The van der Waals surface area contributed by atoms with Crippen molar-refractivity contribution in [2.24, 2.45) is 11.5 Å². The van der Waals surface area contributed by atoms with Crippen LogP contribution in [0.25, 0.3) is 0 Å². The Labute approximate surface area is 82.6 Å². The lowest BCUT2D eigenvalue weighted by Gasteiger charge is -2.06. The maximum Gasteiger partial charge on any atom is 0.320 e. The number of hydrogen-bond donors (Lipinski definition) is 4. The van der Waals surface area contributed by atoms with Crippen LogP contribution in [0.4, 0.5) is 0 Å². The van der Waals surface area contributed by atoms with Gasteiger partial charge in [0, 0.05) is 19.5 Å². The van der Waals surface area contributed by atoms with Gasteiger partial charge in [0.15, 0.2) is 0 Å². The lowest BCUT2D eigenvalue weighted by Crippen LogP contribution is -2.32. The van der Waals surface area contributed by atoms with E-state index in [1.807, 2.05) is 0 Å². The van der Waals surface area contributed by atoms with Crippen molar-refractivity contribution in [3.8, 4) is 0 Å². The molecule has 0 aliphatic carbocycles. The Morgan fingerprint density at radius 3 is 2.57 bits per heavy atom. The fourth-order valence-electron chi connectivity index (χ4n) is 0.893. The molecule has 0 radical (unpaired) electrons. The van der Waals surface area contributed by atoms with E-state index in [0.29, 0.717) is 32.4 Å². The minimum atomic E-state index is -1.02. The third kappa shape index (κ3) is 6.38. The Balaban J connectivity index is 3.37. The van der Waals surface area contributed by atoms with Crippen LogP contribution in [0.5, 0.6) is 0 Å². The topological polar surface area (TPSA) is 118 Å². The van der Waals surface area contributed by atoms with E-state index in [1.54, 1.807) is 0 Å². The molecule has 1 amide bonds. The van der Waals surface area contributed by atoms with Crippen molar-refractivity contribution < 1.29 is 14.7 Å². The molecule has 6 nitrogen and oxygen atoms in total. The molecular formula is C8H17N3O3. The zero-order valence-corrected chi connectivity index (χ0v) is 8.03. The second-order valence-corrected chi connectivity index (χ2v) is 2.98. The first-order chi connectivity index (χ1) is 6.57. The first kappa shape index (κ1) is 12.9. The summed E-state index contributed by atoms with van der Waals surface area (Å²) in [7, 11) is 0. The summed E-state index contributed by atoms with van der Waals surface area (Å²) in [4.78, 5) is 21.2. The molecular weight excluding hydrogens is 186 g/mol. The Morgan fingerprint density at radius 1 is 1.43 bits per heavy atom. The molecule has 1 atom stereocenters. The second kappa shape index (κ2) is 7.28. The summed E-state index contributed by atoms with van der Waals surface area (Å²) in [6.07, 6.45) is 1.22. The highest BCUT2D eigenvalue weighted by Gasteiger charge is 2.10. The summed E-state index contributed by atoms with van der Waals surface area (Å²) in [6, 6.07) is -0.846. The molecule has 0 aromatic rings. The quantitative estimate of drug-likeness (QED) is 0.381. The van der Waals surface area contributed by atoms with Crippen LogP contribution >= 0.6 is 0 Å². The molecule has 14 heavy (non-hydrogen) atoms. The normalized spacial score (nSPS) is 12.1. The van der Waals surface area contributed by atoms with Crippen molar-refractivity contribution in [2.75, 3.05) is 13.1 Å². The monoisotopic (exact) mass is 203 g/mol. The van der Waals surface area contributed by atoms with Crippen LogP contribution in [0, 0.1) is 0 Å². The minimum Gasteiger partial charge on any atom is -0.480 e. The third-order valence-corrected chi connectivity index (χ3v) is 1.70. The van der Waals surface area contributed by atoms with Gasteiger partial charge in [-0.1, -0.05) is 0 Å². The number of hydrogen-bond acceptors (Lipinski definition) is 4. The van der Waals surface area contributed by atoms with Crippen LogP contribution in [0.3, 0.4) is 0 Å². The fraction of sp³-hybridized carbons (Fsp3) is 0.750. The molecule has 1 unspecified atom stereocenters. The molecule has 6 heteroatoms. The van der Waals surface area contributed by atoms with E-state index in [4.69, 9.17) is 16.6 Å². The highest BCUT2D eigenvalue weighted by atomic mass is 16.4. The first-order valence-electron chi connectivity index (χ1n) is 4.53. The standard InChI is InChI=1S/C8H17N3O3/c9-4-3-7(12)11-5-1-2-6(10)8(13)14/h6H,1-5,9-10H2,(H,11,12)(H,13,14). The number of carboxylic acids is 1. The van der Waals surface area contributed by atoms with Gasteiger partial charge in [-0.15, -0.1) is 0 Å². The number of carbonyl (C=O) groups is 2. The molecule has 0 aromatic heterocycles. The summed E-state index contributed by atoms with van der Waals surface area (Å²) in [6.45, 7) is 0.764. The van der Waals surface area contributed by atoms with Gasteiger partial charge in [-0.2, -0.15) is 0 Å². The van der Waals surface area contributed by atoms with Crippen LogP contribution in [0.15, 0.2) is 0 Å². The lowest BCUT2D eigenvalue weighted by molar-refractivity contribution is -0.138. The Hall–Kier alpha value is -1.14. The van der Waals surface area contributed by atoms with Crippen molar-refractivity contribution in [1.29, 1.82) is 0 Å². The molecule has 0 rings (SSSR count). The number of nitrogens with one attached hydrogen (secondary N) is 1. The summed E-state index contributed by atoms with van der Waals surface area (Å²) >= 11 is 0. The van der Waals surface area contributed by atoms with Gasteiger partial charge in [0.05, 0.1) is 0 Å². The summed E-state index contributed by atoms with van der Waals surface area (Å²) in [5.74, 6) is -1.13. The predicted octanol–water partition coefficient (Wildman–Crippen LogP) is -1.36. The van der Waals surface area contributed by atoms with Gasteiger partial charge in [0.2, 0.25) is 5.91 Å². The van der Waals surface area contributed by atoms with E-state index in [0.717, 1.165) is 0 Å². The van der Waals surface area contributed by atoms with E-state index < -0.39 is 12.0 Å². The number of carboxylic acid groups (broad SMARTS) is 1. The summed E-state index contributed by atoms with van der Waals surface area (Å²) < 4.78 is 0. The molecule has 0 aliphatic heterocycles. The predicted molar refractivity (Wildman–Crippen MR) is 51.5 cm³/mol. The van der Waals surface area contributed by atoms with Crippen molar-refractivity contribution in [3.05, 3.63) is 0 Å². The highest BCUT2D eigenvalue weighted by molar-refractivity contribution is 5.76. The van der Waals surface area contributed by atoms with E-state index in [1.165, 1.54) is 0 Å². The Bertz CT molecular complexity index is 196. The number of amides is 1. The molecule has 0 saturated carbocycles. The zero-order valence-electron chi connectivity index (χ0n) is 8.03. The van der Waals surface area contributed by atoms with Gasteiger partial charge >= 0.3 is 5.97 Å². The molecule has 0 heterocycles. The maximum atomic E-state index is 10.9. The van der Waals surface area contributed by atoms with Crippen molar-refractivity contribution >= 4 is 11.9 Å². The maximum absolute atomic E-state index is 10.9. The van der Waals surface area contributed by atoms with Gasteiger partial charge in [0.25, 0.3) is 0 Å². The largest absolute Gasteiger partial charge is 0.480 e. The Kier molecular flexibility index (Phi) is 6.69. The van der Waals surface area contributed by atoms with E-state index in [2.05, 4.69) is 5.32 Å². The average molecular weight is 203 g/mol. The highest BCUT2D eigenvalue weighted by Crippen LogP contribution is 1.93. The van der Waals surface area contributed by atoms with Crippen molar-refractivity contribution in [1.82, 2.24) is 5.32 Å². The molecule has 0 saturated heterocycles. The van der Waals surface area contributed by atoms with Crippen LogP contribution in [0.2, 0.25) is 0 Å². The summed E-state index contributed by atoms with van der Waals surface area (Å²) in [5.41, 5.74) is 10.4. The molecule has 0 fully saturated rings. The van der Waals surface area contributed by atoms with Gasteiger partial charge in [0.1, 0.15) is 6.04 Å². The van der Waals surface area contributed by atoms with Crippen LogP contribution in [-0.2, 0) is 9.59 Å². The van der Waals surface area contributed by atoms with Gasteiger partial charge in [-0.3, -0.25) is 9.59 Å². The van der Waals surface area contributed by atoms with Crippen LogP contribution in [-0.4, -0.2) is 36.1 Å². The van der Waals surface area contributed by atoms with E-state index >= 15 is 0 Å². The Morgan fingerprint density at radius 2 is 2.07 bits per heavy atom. The second-order valence-electron chi connectivity index (χ2n) is 2.98. The number of carbonyl (C=O) groups excluding carboxylic acids is 1. The SMILES string of the molecule is NCCC(=O)NCCCC(N)C(=O)O. The number of aliphatic carboxylic acids is 1. The molecule has 0 aromatic carbocycles. The van der Waals surface area contributed by atoms with E-state index in [9.17, 15) is 9.59 Å². The smallest absolute Gasteiger partial charge is 0.320 e. The van der Waals surface area contributed by atoms with E-state index in [-0.39, 0.29) is 5.91 Å². The van der Waals surface area contributed by atoms with Gasteiger partial charge in [-0.25, -0.2) is 0 Å². The number of rotatable bonds is 7. The van der Waals surface area contributed by atoms with Gasteiger partial charge < -0.3 is 21.9 Å². The van der Waals surface area contributed by atoms with Crippen LogP contribution < -0.4 is 16.8 Å². The lowest BCUT2D eigenvalue weighted by atomic mass is 10.2. The third-order valence-electron chi connectivity index (χ3n) is 1.70.